The second-order valence-corrected chi connectivity index (χ2v) is 5.66. The van der Waals surface area contributed by atoms with E-state index in [9.17, 15) is 4.79 Å². The number of benzene rings is 2. The number of carbonyl (C=O) groups excluding carboxylic acids is 1. The maximum Gasteiger partial charge on any atom is 0.338 e. The van der Waals surface area contributed by atoms with Gasteiger partial charge < -0.3 is 10.1 Å². The molecule has 21 heavy (non-hydrogen) atoms. The standard InChI is InChI=1S/C17H19NO2S/c1-20-17(19)16-10-6-5-7-14(16)13-18-11-12-21-15-8-3-2-4-9-15/h2-10,18H,11-13H2,1H3. The highest BCUT2D eigenvalue weighted by Gasteiger charge is 2.09. The van der Waals surface area contributed by atoms with E-state index < -0.39 is 0 Å². The monoisotopic (exact) mass is 301 g/mol. The molecule has 2 aromatic rings. The smallest absolute Gasteiger partial charge is 0.338 e. The van der Waals surface area contributed by atoms with Crippen LogP contribution in [0.4, 0.5) is 0 Å². The number of methoxy groups -OCH3 is 1. The van der Waals surface area contributed by atoms with Gasteiger partial charge in [0, 0.05) is 23.7 Å². The molecule has 0 saturated carbocycles. The van der Waals surface area contributed by atoms with Gasteiger partial charge in [0.15, 0.2) is 0 Å². The van der Waals surface area contributed by atoms with Crippen molar-refractivity contribution in [3.05, 3.63) is 65.7 Å². The minimum atomic E-state index is -0.286. The van der Waals surface area contributed by atoms with Crippen molar-refractivity contribution < 1.29 is 9.53 Å². The van der Waals surface area contributed by atoms with Gasteiger partial charge in [0.25, 0.3) is 0 Å². The average Bonchev–Trinajstić information content (AvgIpc) is 2.55. The first-order valence-corrected chi connectivity index (χ1v) is 7.84. The molecule has 0 unspecified atom stereocenters. The Hall–Kier alpha value is -1.78. The molecule has 0 amide bonds. The van der Waals surface area contributed by atoms with Crippen molar-refractivity contribution in [1.29, 1.82) is 0 Å². The van der Waals surface area contributed by atoms with Crippen LogP contribution in [0.25, 0.3) is 0 Å². The first-order chi connectivity index (χ1) is 10.3. The fourth-order valence-corrected chi connectivity index (χ4v) is 2.80. The van der Waals surface area contributed by atoms with Crippen LogP contribution in [0.1, 0.15) is 15.9 Å². The molecule has 0 heterocycles. The molecule has 0 spiro atoms. The molecule has 0 atom stereocenters. The van der Waals surface area contributed by atoms with Gasteiger partial charge in [-0.15, -0.1) is 11.8 Å². The molecule has 0 bridgehead atoms. The van der Waals surface area contributed by atoms with Crippen molar-refractivity contribution in [2.24, 2.45) is 0 Å². The minimum Gasteiger partial charge on any atom is -0.465 e. The van der Waals surface area contributed by atoms with Crippen LogP contribution in [0.2, 0.25) is 0 Å². The third kappa shape index (κ3) is 4.92. The van der Waals surface area contributed by atoms with E-state index in [4.69, 9.17) is 4.74 Å². The molecule has 0 saturated heterocycles. The van der Waals surface area contributed by atoms with Crippen LogP contribution in [-0.2, 0) is 11.3 Å². The number of thioether (sulfide) groups is 1. The Morgan fingerprint density at radius 2 is 1.81 bits per heavy atom. The Labute approximate surface area is 129 Å². The van der Waals surface area contributed by atoms with Crippen LogP contribution < -0.4 is 5.32 Å². The first kappa shape index (κ1) is 15.6. The number of hydrogen-bond acceptors (Lipinski definition) is 4. The van der Waals surface area contributed by atoms with Crippen LogP contribution >= 0.6 is 11.8 Å². The van der Waals surface area contributed by atoms with Crippen molar-refractivity contribution in [3.8, 4) is 0 Å². The van der Waals surface area contributed by atoms with Crippen molar-refractivity contribution in [3.63, 3.8) is 0 Å². The second-order valence-electron chi connectivity index (χ2n) is 4.49. The Morgan fingerprint density at radius 1 is 1.10 bits per heavy atom. The van der Waals surface area contributed by atoms with E-state index in [1.807, 2.05) is 48.2 Å². The molecule has 3 nitrogen and oxygen atoms in total. The molecule has 2 aromatic carbocycles. The van der Waals surface area contributed by atoms with Gasteiger partial charge in [0.2, 0.25) is 0 Å². The normalized spacial score (nSPS) is 10.3. The van der Waals surface area contributed by atoms with Gasteiger partial charge in [0.1, 0.15) is 0 Å². The predicted molar refractivity (Wildman–Crippen MR) is 86.7 cm³/mol. The summed E-state index contributed by atoms with van der Waals surface area (Å²) in [7, 11) is 1.41. The summed E-state index contributed by atoms with van der Waals surface area (Å²) in [5, 5.41) is 3.36. The SMILES string of the molecule is COC(=O)c1ccccc1CNCCSc1ccccc1. The van der Waals surface area contributed by atoms with E-state index in [2.05, 4.69) is 17.4 Å². The molecule has 0 fully saturated rings. The molecule has 4 heteroatoms. The second kappa shape index (κ2) is 8.49. The maximum absolute atomic E-state index is 11.7. The lowest BCUT2D eigenvalue weighted by atomic mass is 10.1. The van der Waals surface area contributed by atoms with Crippen LogP contribution in [0.15, 0.2) is 59.5 Å². The van der Waals surface area contributed by atoms with E-state index >= 15 is 0 Å². The first-order valence-electron chi connectivity index (χ1n) is 6.86. The zero-order valence-corrected chi connectivity index (χ0v) is 12.9. The summed E-state index contributed by atoms with van der Waals surface area (Å²) >= 11 is 1.82. The predicted octanol–water partition coefficient (Wildman–Crippen LogP) is 3.36. The topological polar surface area (TPSA) is 38.3 Å². The average molecular weight is 301 g/mol. The molecule has 0 aliphatic heterocycles. The summed E-state index contributed by atoms with van der Waals surface area (Å²) in [6.07, 6.45) is 0. The highest BCUT2D eigenvalue weighted by atomic mass is 32.2. The fourth-order valence-electron chi connectivity index (χ4n) is 1.96. The molecule has 0 aliphatic carbocycles. The molecule has 0 radical (unpaired) electrons. The Kier molecular flexibility index (Phi) is 6.31. The van der Waals surface area contributed by atoms with Gasteiger partial charge in [-0.1, -0.05) is 36.4 Å². The van der Waals surface area contributed by atoms with Crippen LogP contribution in [0.3, 0.4) is 0 Å². The molecular formula is C17H19NO2S. The highest BCUT2D eigenvalue weighted by Crippen LogP contribution is 2.16. The van der Waals surface area contributed by atoms with Gasteiger partial charge in [-0.05, 0) is 23.8 Å². The zero-order valence-electron chi connectivity index (χ0n) is 12.0. The summed E-state index contributed by atoms with van der Waals surface area (Å²) in [5.74, 6) is 0.704. The molecular weight excluding hydrogens is 282 g/mol. The zero-order chi connectivity index (χ0) is 14.9. The largest absolute Gasteiger partial charge is 0.465 e. The van der Waals surface area contributed by atoms with E-state index in [0.29, 0.717) is 12.1 Å². The molecule has 0 aromatic heterocycles. The third-order valence-corrected chi connectivity index (χ3v) is 4.04. The molecule has 1 N–H and O–H groups in total. The van der Waals surface area contributed by atoms with E-state index in [1.54, 1.807) is 6.07 Å². The van der Waals surface area contributed by atoms with Gasteiger partial charge >= 0.3 is 5.97 Å². The minimum absolute atomic E-state index is 0.286. The van der Waals surface area contributed by atoms with Crippen LogP contribution in [-0.4, -0.2) is 25.4 Å². The highest BCUT2D eigenvalue weighted by molar-refractivity contribution is 7.99. The van der Waals surface area contributed by atoms with Gasteiger partial charge in [-0.25, -0.2) is 4.79 Å². The Morgan fingerprint density at radius 3 is 2.57 bits per heavy atom. The lowest BCUT2D eigenvalue weighted by Gasteiger charge is -2.09. The number of carbonyl (C=O) groups is 1. The van der Waals surface area contributed by atoms with Crippen molar-refractivity contribution >= 4 is 17.7 Å². The quantitative estimate of drug-likeness (QED) is 0.483. The van der Waals surface area contributed by atoms with Crippen molar-refractivity contribution in [2.75, 3.05) is 19.4 Å². The van der Waals surface area contributed by atoms with E-state index in [0.717, 1.165) is 17.9 Å². The third-order valence-electron chi connectivity index (χ3n) is 3.03. The van der Waals surface area contributed by atoms with Crippen LogP contribution in [0, 0.1) is 0 Å². The summed E-state index contributed by atoms with van der Waals surface area (Å²) < 4.78 is 4.79. The summed E-state index contributed by atoms with van der Waals surface area (Å²) in [4.78, 5) is 12.9. The summed E-state index contributed by atoms with van der Waals surface area (Å²) in [6, 6.07) is 17.8. The number of nitrogens with one attached hydrogen (secondary N) is 1. The Bertz CT molecular complexity index is 572. The van der Waals surface area contributed by atoms with Gasteiger partial charge in [-0.2, -0.15) is 0 Å². The summed E-state index contributed by atoms with van der Waals surface area (Å²) in [5.41, 5.74) is 1.59. The summed E-state index contributed by atoms with van der Waals surface area (Å²) in [6.45, 7) is 1.55. The lowest BCUT2D eigenvalue weighted by Crippen LogP contribution is -2.18. The van der Waals surface area contributed by atoms with Gasteiger partial charge in [0.05, 0.1) is 12.7 Å². The number of ether oxygens (including phenoxy) is 1. The Balaban J connectivity index is 1.77. The van der Waals surface area contributed by atoms with E-state index in [1.165, 1.54) is 12.0 Å². The van der Waals surface area contributed by atoms with Crippen molar-refractivity contribution in [2.45, 2.75) is 11.4 Å². The number of hydrogen-bond donors (Lipinski definition) is 1. The molecule has 2 rings (SSSR count). The molecule has 110 valence electrons. The number of esters is 1. The number of rotatable bonds is 7. The molecule has 0 aliphatic rings. The fraction of sp³-hybridized carbons (Fsp3) is 0.235. The maximum atomic E-state index is 11.7. The lowest BCUT2D eigenvalue weighted by molar-refractivity contribution is 0.0599. The van der Waals surface area contributed by atoms with Crippen LogP contribution in [0.5, 0.6) is 0 Å². The van der Waals surface area contributed by atoms with Crippen molar-refractivity contribution in [1.82, 2.24) is 5.32 Å². The van der Waals surface area contributed by atoms with Gasteiger partial charge in [-0.3, -0.25) is 0 Å². The van der Waals surface area contributed by atoms with E-state index in [-0.39, 0.29) is 5.97 Å².